The van der Waals surface area contributed by atoms with Crippen molar-refractivity contribution in [2.24, 2.45) is 5.92 Å². The fourth-order valence-corrected chi connectivity index (χ4v) is 3.06. The van der Waals surface area contributed by atoms with Crippen molar-refractivity contribution in [1.29, 1.82) is 0 Å². The minimum absolute atomic E-state index is 0. The third-order valence-corrected chi connectivity index (χ3v) is 4.39. The van der Waals surface area contributed by atoms with E-state index in [1.54, 1.807) is 0 Å². The van der Waals surface area contributed by atoms with Gasteiger partial charge in [0.25, 0.3) is 0 Å². The van der Waals surface area contributed by atoms with Gasteiger partial charge < -0.3 is 15.4 Å². The molecule has 1 saturated heterocycles. The maximum atomic E-state index is 12.4. The van der Waals surface area contributed by atoms with Crippen molar-refractivity contribution in [2.75, 3.05) is 6.54 Å². The molecule has 0 aromatic heterocycles. The van der Waals surface area contributed by atoms with Crippen LogP contribution in [0, 0.1) is 5.92 Å². The predicted molar refractivity (Wildman–Crippen MR) is 102 cm³/mol. The molecule has 0 unspecified atom stereocenters. The molecule has 5 heteroatoms. The van der Waals surface area contributed by atoms with Crippen LogP contribution in [0.25, 0.3) is 0 Å². The molecule has 1 aliphatic heterocycles. The predicted octanol–water partition coefficient (Wildman–Crippen LogP) is 3.91. The highest BCUT2D eigenvalue weighted by Gasteiger charge is 2.24. The van der Waals surface area contributed by atoms with E-state index in [0.717, 1.165) is 36.4 Å². The molecule has 1 aliphatic rings. The number of amides is 1. The Hall–Kier alpha value is -2.04. The number of hydrogen-bond donors (Lipinski definition) is 2. The molecule has 134 valence electrons. The molecule has 0 saturated carbocycles. The van der Waals surface area contributed by atoms with E-state index in [1.165, 1.54) is 0 Å². The van der Waals surface area contributed by atoms with E-state index in [9.17, 15) is 4.79 Å². The van der Waals surface area contributed by atoms with E-state index < -0.39 is 0 Å². The number of rotatable bonds is 5. The Bertz CT molecular complexity index is 678. The smallest absolute Gasteiger partial charge is 0.223 e. The number of piperidine rings is 1. The number of para-hydroxylation sites is 2. The minimum Gasteiger partial charge on any atom is -0.457 e. The topological polar surface area (TPSA) is 50.4 Å². The van der Waals surface area contributed by atoms with Crippen LogP contribution < -0.4 is 15.4 Å². The SMILES string of the molecule is C[C@H]1C[C@@H](C(=O)NCc2ccccc2Oc2ccccc2)CCN1.Cl. The summed E-state index contributed by atoms with van der Waals surface area (Å²) in [6.45, 7) is 3.52. The molecule has 2 N–H and O–H groups in total. The van der Waals surface area contributed by atoms with Crippen molar-refractivity contribution >= 4 is 18.3 Å². The Balaban J connectivity index is 0.00000225. The van der Waals surface area contributed by atoms with Crippen LogP contribution in [0.3, 0.4) is 0 Å². The minimum atomic E-state index is 0. The molecule has 2 aromatic carbocycles. The number of hydrogen-bond acceptors (Lipinski definition) is 3. The lowest BCUT2D eigenvalue weighted by Gasteiger charge is -2.27. The van der Waals surface area contributed by atoms with Crippen molar-refractivity contribution in [3.63, 3.8) is 0 Å². The Morgan fingerprint density at radius 1 is 1.16 bits per heavy atom. The largest absolute Gasteiger partial charge is 0.457 e. The first-order chi connectivity index (χ1) is 11.7. The summed E-state index contributed by atoms with van der Waals surface area (Å²) < 4.78 is 5.94. The maximum absolute atomic E-state index is 12.4. The molecule has 25 heavy (non-hydrogen) atoms. The van der Waals surface area contributed by atoms with E-state index >= 15 is 0 Å². The summed E-state index contributed by atoms with van der Waals surface area (Å²) in [6, 6.07) is 17.9. The molecule has 0 radical (unpaired) electrons. The van der Waals surface area contributed by atoms with Crippen LogP contribution in [0.4, 0.5) is 0 Å². The monoisotopic (exact) mass is 360 g/mol. The highest BCUT2D eigenvalue weighted by atomic mass is 35.5. The summed E-state index contributed by atoms with van der Waals surface area (Å²) in [4.78, 5) is 12.4. The lowest BCUT2D eigenvalue weighted by molar-refractivity contribution is -0.126. The first kappa shape index (κ1) is 19.3. The van der Waals surface area contributed by atoms with E-state index in [4.69, 9.17) is 4.74 Å². The van der Waals surface area contributed by atoms with Crippen molar-refractivity contribution < 1.29 is 9.53 Å². The number of ether oxygens (including phenoxy) is 1. The highest BCUT2D eigenvalue weighted by molar-refractivity contribution is 5.85. The lowest BCUT2D eigenvalue weighted by atomic mass is 9.92. The standard InChI is InChI=1S/C20H24N2O2.ClH/c1-15-13-16(11-12-21-15)20(23)22-14-17-7-5-6-10-19(17)24-18-8-3-2-4-9-18;/h2-10,15-16,21H,11-14H2,1H3,(H,22,23);1H/t15-,16-;/m0./s1. The molecule has 3 rings (SSSR count). The average Bonchev–Trinajstić information content (AvgIpc) is 2.61. The Morgan fingerprint density at radius 2 is 1.88 bits per heavy atom. The number of carbonyl (C=O) groups is 1. The summed E-state index contributed by atoms with van der Waals surface area (Å²) in [5.74, 6) is 1.81. The molecule has 0 aliphatic carbocycles. The molecule has 1 heterocycles. The molecular weight excluding hydrogens is 336 g/mol. The van der Waals surface area contributed by atoms with Gasteiger partial charge in [0.05, 0.1) is 0 Å². The number of benzene rings is 2. The van der Waals surface area contributed by atoms with Crippen LogP contribution in [0.1, 0.15) is 25.3 Å². The van der Waals surface area contributed by atoms with Crippen LogP contribution in [0.15, 0.2) is 54.6 Å². The van der Waals surface area contributed by atoms with Crippen molar-refractivity contribution in [2.45, 2.75) is 32.4 Å². The quantitative estimate of drug-likeness (QED) is 0.850. The second-order valence-corrected chi connectivity index (χ2v) is 6.32. The molecule has 0 spiro atoms. The summed E-state index contributed by atoms with van der Waals surface area (Å²) in [5, 5.41) is 6.45. The Morgan fingerprint density at radius 3 is 2.64 bits per heavy atom. The zero-order valence-corrected chi connectivity index (χ0v) is 15.2. The zero-order valence-electron chi connectivity index (χ0n) is 14.4. The van der Waals surface area contributed by atoms with Crippen LogP contribution in [0.5, 0.6) is 11.5 Å². The van der Waals surface area contributed by atoms with Crippen LogP contribution in [-0.2, 0) is 11.3 Å². The van der Waals surface area contributed by atoms with Crippen molar-refractivity contribution in [3.8, 4) is 11.5 Å². The second-order valence-electron chi connectivity index (χ2n) is 6.32. The van der Waals surface area contributed by atoms with Crippen LogP contribution >= 0.6 is 12.4 Å². The molecule has 0 bridgehead atoms. The van der Waals surface area contributed by atoms with Gasteiger partial charge in [-0.2, -0.15) is 0 Å². The summed E-state index contributed by atoms with van der Waals surface area (Å²) in [5.41, 5.74) is 0.983. The van der Waals surface area contributed by atoms with Gasteiger partial charge in [0.2, 0.25) is 5.91 Å². The van der Waals surface area contributed by atoms with Crippen LogP contribution in [-0.4, -0.2) is 18.5 Å². The Labute approximate surface area is 155 Å². The maximum Gasteiger partial charge on any atom is 0.223 e. The number of carbonyl (C=O) groups excluding carboxylic acids is 1. The zero-order chi connectivity index (χ0) is 16.8. The van der Waals surface area contributed by atoms with Gasteiger partial charge in [-0.3, -0.25) is 4.79 Å². The normalized spacial score (nSPS) is 19.6. The molecule has 2 atom stereocenters. The summed E-state index contributed by atoms with van der Waals surface area (Å²) in [7, 11) is 0. The first-order valence-corrected chi connectivity index (χ1v) is 8.54. The fourth-order valence-electron chi connectivity index (χ4n) is 3.06. The van der Waals surface area contributed by atoms with Crippen molar-refractivity contribution in [3.05, 3.63) is 60.2 Å². The van der Waals surface area contributed by atoms with Crippen LogP contribution in [0.2, 0.25) is 0 Å². The lowest BCUT2D eigenvalue weighted by Crippen LogP contribution is -2.42. The van der Waals surface area contributed by atoms with E-state index in [2.05, 4.69) is 17.6 Å². The van der Waals surface area contributed by atoms with Gasteiger partial charge >= 0.3 is 0 Å². The van der Waals surface area contributed by atoms with Gasteiger partial charge in [0.15, 0.2) is 0 Å². The highest BCUT2D eigenvalue weighted by Crippen LogP contribution is 2.25. The average molecular weight is 361 g/mol. The molecule has 1 fully saturated rings. The molecule has 4 nitrogen and oxygen atoms in total. The number of nitrogens with one attached hydrogen (secondary N) is 2. The van der Waals surface area contributed by atoms with Gasteiger partial charge in [0.1, 0.15) is 11.5 Å². The van der Waals surface area contributed by atoms with Gasteiger partial charge in [-0.05, 0) is 44.5 Å². The van der Waals surface area contributed by atoms with Gasteiger partial charge in [0, 0.05) is 24.1 Å². The van der Waals surface area contributed by atoms with Gasteiger partial charge in [-0.1, -0.05) is 36.4 Å². The van der Waals surface area contributed by atoms with E-state index in [0.29, 0.717) is 12.6 Å². The van der Waals surface area contributed by atoms with E-state index in [1.807, 2.05) is 54.6 Å². The second kappa shape index (κ2) is 9.44. The van der Waals surface area contributed by atoms with Crippen molar-refractivity contribution in [1.82, 2.24) is 10.6 Å². The van der Waals surface area contributed by atoms with E-state index in [-0.39, 0.29) is 24.2 Å². The molecule has 1 amide bonds. The third kappa shape index (κ3) is 5.48. The molecule has 2 aromatic rings. The molecular formula is C20H25ClN2O2. The van der Waals surface area contributed by atoms with Gasteiger partial charge in [-0.15, -0.1) is 12.4 Å². The third-order valence-electron chi connectivity index (χ3n) is 4.39. The number of halogens is 1. The Kier molecular flexibility index (Phi) is 7.29. The van der Waals surface area contributed by atoms with Gasteiger partial charge in [-0.25, -0.2) is 0 Å². The first-order valence-electron chi connectivity index (χ1n) is 8.54. The fraction of sp³-hybridized carbons (Fsp3) is 0.350. The summed E-state index contributed by atoms with van der Waals surface area (Å²) in [6.07, 6.45) is 1.80. The summed E-state index contributed by atoms with van der Waals surface area (Å²) >= 11 is 0.